The van der Waals surface area contributed by atoms with E-state index in [1.165, 1.54) is 0 Å². The van der Waals surface area contributed by atoms with Gasteiger partial charge < -0.3 is 14.4 Å². The van der Waals surface area contributed by atoms with Gasteiger partial charge >= 0.3 is 0 Å². The molecule has 2 heterocycles. The second-order valence-corrected chi connectivity index (χ2v) is 7.13. The van der Waals surface area contributed by atoms with Gasteiger partial charge in [0.2, 0.25) is 0 Å². The number of para-hydroxylation sites is 1. The molecule has 0 amide bonds. The molecule has 0 unspecified atom stereocenters. The average Bonchev–Trinajstić information content (AvgIpc) is 2.51. The standard InChI is InChI=1S/C20H23NO3/c1-19(2,23)11-7-12-20(3)13-10-15-17(24-20)14-8-5-6-9-16(14)21(4)18(15)22/h5-11,13,23H,12H2,1-4H3/b11-7+/t20-/m1/s1. The maximum absolute atomic E-state index is 12.6. The van der Waals surface area contributed by atoms with Crippen LogP contribution in [0.5, 0.6) is 5.75 Å². The average molecular weight is 325 g/mol. The van der Waals surface area contributed by atoms with Crippen molar-refractivity contribution >= 4 is 17.0 Å². The number of hydrogen-bond acceptors (Lipinski definition) is 3. The van der Waals surface area contributed by atoms with Crippen molar-refractivity contribution in [2.75, 3.05) is 0 Å². The molecule has 1 aromatic carbocycles. The number of rotatable bonds is 3. The first-order valence-corrected chi connectivity index (χ1v) is 8.10. The van der Waals surface area contributed by atoms with Gasteiger partial charge in [-0.05, 0) is 45.1 Å². The summed E-state index contributed by atoms with van der Waals surface area (Å²) in [7, 11) is 1.78. The van der Waals surface area contributed by atoms with E-state index in [9.17, 15) is 9.90 Å². The van der Waals surface area contributed by atoms with Gasteiger partial charge in [-0.3, -0.25) is 4.79 Å². The molecule has 1 atom stereocenters. The van der Waals surface area contributed by atoms with Gasteiger partial charge in [0.25, 0.3) is 5.56 Å². The van der Waals surface area contributed by atoms with Crippen LogP contribution in [0.3, 0.4) is 0 Å². The van der Waals surface area contributed by atoms with Crippen LogP contribution in [0.4, 0.5) is 0 Å². The number of aliphatic hydroxyl groups is 1. The number of pyridine rings is 1. The predicted octanol–water partition coefficient (Wildman–Crippen LogP) is 3.42. The number of hydrogen-bond donors (Lipinski definition) is 1. The predicted molar refractivity (Wildman–Crippen MR) is 97.3 cm³/mol. The van der Waals surface area contributed by atoms with E-state index < -0.39 is 11.2 Å². The Labute approximate surface area is 141 Å². The lowest BCUT2D eigenvalue weighted by molar-refractivity contribution is 0.128. The van der Waals surface area contributed by atoms with Crippen LogP contribution in [0.15, 0.2) is 47.3 Å². The van der Waals surface area contributed by atoms with Crippen LogP contribution in [0, 0.1) is 0 Å². The molecule has 1 N–H and O–H groups in total. The maximum atomic E-state index is 12.6. The highest BCUT2D eigenvalue weighted by atomic mass is 16.5. The molecule has 4 heteroatoms. The van der Waals surface area contributed by atoms with Gasteiger partial charge in [-0.25, -0.2) is 0 Å². The Hall–Kier alpha value is -2.33. The van der Waals surface area contributed by atoms with Crippen molar-refractivity contribution in [2.24, 2.45) is 7.05 Å². The van der Waals surface area contributed by atoms with Crippen LogP contribution >= 0.6 is 0 Å². The third-order valence-corrected chi connectivity index (χ3v) is 4.28. The van der Waals surface area contributed by atoms with Crippen LogP contribution in [-0.4, -0.2) is 20.9 Å². The van der Waals surface area contributed by atoms with Crippen LogP contribution in [-0.2, 0) is 7.05 Å². The van der Waals surface area contributed by atoms with Crippen molar-refractivity contribution in [1.82, 2.24) is 4.57 Å². The summed E-state index contributed by atoms with van der Waals surface area (Å²) in [5.41, 5.74) is -0.0285. The smallest absolute Gasteiger partial charge is 0.261 e. The molecule has 3 rings (SSSR count). The van der Waals surface area contributed by atoms with Crippen LogP contribution in [0.1, 0.15) is 32.8 Å². The molecule has 0 radical (unpaired) electrons. The SMILES string of the molecule is Cn1c(=O)c2c(c3ccccc31)O[C@](C)(C/C=C/C(C)(C)O)C=C2. The zero-order chi connectivity index (χ0) is 17.5. The molecular weight excluding hydrogens is 302 g/mol. The fourth-order valence-electron chi connectivity index (χ4n) is 2.97. The van der Waals surface area contributed by atoms with Crippen LogP contribution in [0.25, 0.3) is 17.0 Å². The van der Waals surface area contributed by atoms with Crippen LogP contribution in [0.2, 0.25) is 0 Å². The zero-order valence-electron chi connectivity index (χ0n) is 14.5. The molecule has 1 aliphatic heterocycles. The largest absolute Gasteiger partial charge is 0.482 e. The van der Waals surface area contributed by atoms with Crippen molar-refractivity contribution in [3.05, 3.63) is 58.4 Å². The number of fused-ring (bicyclic) bond motifs is 3. The summed E-state index contributed by atoms with van der Waals surface area (Å²) in [6.45, 7) is 5.44. The van der Waals surface area contributed by atoms with Crippen molar-refractivity contribution < 1.29 is 9.84 Å². The highest BCUT2D eigenvalue weighted by molar-refractivity contribution is 5.89. The van der Waals surface area contributed by atoms with E-state index in [0.717, 1.165) is 10.9 Å². The minimum Gasteiger partial charge on any atom is -0.482 e. The molecule has 0 fully saturated rings. The third kappa shape index (κ3) is 3.02. The molecule has 0 saturated heterocycles. The first kappa shape index (κ1) is 16.5. The minimum atomic E-state index is -0.852. The van der Waals surface area contributed by atoms with E-state index in [1.807, 2.05) is 49.4 Å². The zero-order valence-corrected chi connectivity index (χ0v) is 14.5. The Morgan fingerprint density at radius 2 is 2.04 bits per heavy atom. The minimum absolute atomic E-state index is 0.0611. The Balaban J connectivity index is 2.05. The van der Waals surface area contributed by atoms with Gasteiger partial charge in [0.05, 0.1) is 16.7 Å². The Bertz CT molecular complexity index is 899. The number of nitrogens with zero attached hydrogens (tertiary/aromatic N) is 1. The van der Waals surface area contributed by atoms with Crippen molar-refractivity contribution in [3.63, 3.8) is 0 Å². The van der Waals surface area contributed by atoms with Gasteiger partial charge in [0, 0.05) is 18.9 Å². The lowest BCUT2D eigenvalue weighted by Gasteiger charge is -2.32. The monoisotopic (exact) mass is 325 g/mol. The normalized spacial score (nSPS) is 20.4. The van der Waals surface area contributed by atoms with Crippen molar-refractivity contribution in [1.29, 1.82) is 0 Å². The van der Waals surface area contributed by atoms with Gasteiger partial charge in [0.1, 0.15) is 11.4 Å². The molecule has 2 aromatic rings. The first-order valence-electron chi connectivity index (χ1n) is 8.10. The molecule has 24 heavy (non-hydrogen) atoms. The summed E-state index contributed by atoms with van der Waals surface area (Å²) in [6.07, 6.45) is 8.05. The summed E-state index contributed by atoms with van der Waals surface area (Å²) in [4.78, 5) is 12.6. The summed E-state index contributed by atoms with van der Waals surface area (Å²) in [5, 5.41) is 10.7. The van der Waals surface area contributed by atoms with E-state index in [4.69, 9.17) is 4.74 Å². The van der Waals surface area contributed by atoms with Gasteiger partial charge in [0.15, 0.2) is 0 Å². The fourth-order valence-corrected chi connectivity index (χ4v) is 2.97. The lowest BCUT2D eigenvalue weighted by Crippen LogP contribution is -2.34. The van der Waals surface area contributed by atoms with Crippen molar-refractivity contribution in [3.8, 4) is 5.75 Å². The summed E-state index contributed by atoms with van der Waals surface area (Å²) in [6, 6.07) is 7.75. The van der Waals surface area contributed by atoms with E-state index >= 15 is 0 Å². The molecular formula is C20H23NO3. The van der Waals surface area contributed by atoms with E-state index in [1.54, 1.807) is 31.5 Å². The van der Waals surface area contributed by atoms with Crippen molar-refractivity contribution in [2.45, 2.75) is 38.4 Å². The Kier molecular flexibility index (Phi) is 3.88. The molecule has 0 bridgehead atoms. The van der Waals surface area contributed by atoms with Gasteiger partial charge in [-0.15, -0.1) is 0 Å². The maximum Gasteiger partial charge on any atom is 0.261 e. The summed E-state index contributed by atoms with van der Waals surface area (Å²) < 4.78 is 7.90. The molecule has 126 valence electrons. The van der Waals surface area contributed by atoms with E-state index in [2.05, 4.69) is 0 Å². The molecule has 0 saturated carbocycles. The third-order valence-electron chi connectivity index (χ3n) is 4.28. The number of benzene rings is 1. The quantitative estimate of drug-likeness (QED) is 0.880. The summed E-state index contributed by atoms with van der Waals surface area (Å²) in [5.74, 6) is 0.635. The lowest BCUT2D eigenvalue weighted by atomic mass is 9.95. The highest BCUT2D eigenvalue weighted by Gasteiger charge is 2.29. The highest BCUT2D eigenvalue weighted by Crippen LogP contribution is 2.36. The second-order valence-electron chi connectivity index (χ2n) is 7.13. The second kappa shape index (κ2) is 5.64. The first-order chi connectivity index (χ1) is 11.2. The number of aromatic nitrogens is 1. The van der Waals surface area contributed by atoms with Gasteiger partial charge in [-0.1, -0.05) is 24.3 Å². The number of ether oxygens (including phenoxy) is 1. The van der Waals surface area contributed by atoms with E-state index in [-0.39, 0.29) is 5.56 Å². The molecule has 1 aliphatic rings. The fraction of sp³-hybridized carbons (Fsp3) is 0.350. The molecule has 1 aromatic heterocycles. The van der Waals surface area contributed by atoms with Gasteiger partial charge in [-0.2, -0.15) is 0 Å². The molecule has 0 aliphatic carbocycles. The Morgan fingerprint density at radius 3 is 2.75 bits per heavy atom. The Morgan fingerprint density at radius 1 is 1.33 bits per heavy atom. The molecule has 0 spiro atoms. The topological polar surface area (TPSA) is 51.5 Å². The molecule has 4 nitrogen and oxygen atoms in total. The van der Waals surface area contributed by atoms with Crippen LogP contribution < -0.4 is 10.3 Å². The summed E-state index contributed by atoms with van der Waals surface area (Å²) >= 11 is 0. The number of aryl methyl sites for hydroxylation is 1. The van der Waals surface area contributed by atoms with E-state index in [0.29, 0.717) is 17.7 Å².